The number of carbonyl (C=O) groups is 2. The number of fused-ring (bicyclic) bond motifs is 1. The standard InChI is InChI=1S/C18H16N2O4S2/c21-16(22)9-11-10-20(7-8-24-11)18(23)15-6-5-14(25-15)17-19-12-3-1-2-4-13(12)26-17/h1-6,11H,7-10H2,(H,21,22). The Bertz CT molecular complexity index is 932. The van der Waals surface area contributed by atoms with Gasteiger partial charge in [-0.3, -0.25) is 9.59 Å². The van der Waals surface area contributed by atoms with Crippen LogP contribution in [0.1, 0.15) is 16.1 Å². The van der Waals surface area contributed by atoms with Gasteiger partial charge in [0.1, 0.15) is 5.01 Å². The summed E-state index contributed by atoms with van der Waals surface area (Å²) >= 11 is 3.03. The van der Waals surface area contributed by atoms with Gasteiger partial charge in [0.05, 0.1) is 39.1 Å². The van der Waals surface area contributed by atoms with Gasteiger partial charge < -0.3 is 14.7 Å². The number of carbonyl (C=O) groups excluding carboxylic acids is 1. The molecule has 4 rings (SSSR count). The van der Waals surface area contributed by atoms with E-state index in [0.29, 0.717) is 24.6 Å². The number of nitrogens with zero attached hydrogens (tertiary/aromatic N) is 2. The number of aromatic nitrogens is 1. The largest absolute Gasteiger partial charge is 0.481 e. The number of thiophene rings is 1. The molecule has 6 nitrogen and oxygen atoms in total. The van der Waals surface area contributed by atoms with Crippen molar-refractivity contribution in [2.75, 3.05) is 19.7 Å². The van der Waals surface area contributed by atoms with Gasteiger partial charge in [-0.05, 0) is 24.3 Å². The summed E-state index contributed by atoms with van der Waals surface area (Å²) in [6, 6.07) is 11.7. The predicted octanol–water partition coefficient (Wildman–Crippen LogP) is 3.34. The molecule has 0 radical (unpaired) electrons. The van der Waals surface area contributed by atoms with E-state index in [1.54, 1.807) is 16.2 Å². The van der Waals surface area contributed by atoms with E-state index in [4.69, 9.17) is 9.84 Å². The summed E-state index contributed by atoms with van der Waals surface area (Å²) in [5, 5.41) is 9.81. The van der Waals surface area contributed by atoms with Crippen molar-refractivity contribution >= 4 is 44.8 Å². The fourth-order valence-corrected chi connectivity index (χ4v) is 4.92. The first-order valence-corrected chi connectivity index (χ1v) is 9.82. The van der Waals surface area contributed by atoms with E-state index in [9.17, 15) is 9.59 Å². The van der Waals surface area contributed by atoms with Crippen LogP contribution in [0, 0.1) is 0 Å². The molecule has 134 valence electrons. The third-order valence-corrected chi connectivity index (χ3v) is 6.43. The van der Waals surface area contributed by atoms with E-state index in [1.165, 1.54) is 11.3 Å². The highest BCUT2D eigenvalue weighted by molar-refractivity contribution is 7.26. The summed E-state index contributed by atoms with van der Waals surface area (Å²) < 4.78 is 6.55. The molecule has 0 aliphatic carbocycles. The van der Waals surface area contributed by atoms with Crippen LogP contribution in [0.15, 0.2) is 36.4 Å². The van der Waals surface area contributed by atoms with Crippen LogP contribution < -0.4 is 0 Å². The summed E-state index contributed by atoms with van der Waals surface area (Å²) in [4.78, 5) is 31.5. The summed E-state index contributed by atoms with van der Waals surface area (Å²) in [5.41, 5.74) is 0.957. The molecule has 1 N–H and O–H groups in total. The minimum atomic E-state index is -0.918. The Hall–Kier alpha value is -2.29. The number of thiazole rings is 1. The van der Waals surface area contributed by atoms with Gasteiger partial charge in [0.25, 0.3) is 5.91 Å². The molecule has 8 heteroatoms. The van der Waals surface area contributed by atoms with Crippen LogP contribution in [0.25, 0.3) is 20.1 Å². The van der Waals surface area contributed by atoms with E-state index < -0.39 is 12.1 Å². The number of hydrogen-bond acceptors (Lipinski definition) is 6. The van der Waals surface area contributed by atoms with Gasteiger partial charge in [-0.2, -0.15) is 0 Å². The molecule has 1 aromatic carbocycles. The lowest BCUT2D eigenvalue weighted by Gasteiger charge is -2.32. The van der Waals surface area contributed by atoms with Crippen molar-refractivity contribution in [2.45, 2.75) is 12.5 Å². The number of para-hydroxylation sites is 1. The number of carboxylic acids is 1. The molecular weight excluding hydrogens is 372 g/mol. The second-order valence-electron chi connectivity index (χ2n) is 5.99. The molecule has 3 heterocycles. The van der Waals surface area contributed by atoms with Crippen LogP contribution in [0.4, 0.5) is 0 Å². The number of amides is 1. The number of carboxylic acid groups (broad SMARTS) is 1. The zero-order valence-electron chi connectivity index (χ0n) is 13.8. The van der Waals surface area contributed by atoms with Crippen molar-refractivity contribution < 1.29 is 19.4 Å². The summed E-state index contributed by atoms with van der Waals surface area (Å²) in [5.74, 6) is -1.00. The molecule has 1 unspecified atom stereocenters. The number of hydrogen-bond donors (Lipinski definition) is 1. The highest BCUT2D eigenvalue weighted by Gasteiger charge is 2.27. The molecule has 1 saturated heterocycles. The summed E-state index contributed by atoms with van der Waals surface area (Å²) in [7, 11) is 0. The Balaban J connectivity index is 1.51. The number of rotatable bonds is 4. The zero-order chi connectivity index (χ0) is 18.1. The fraction of sp³-hybridized carbons (Fsp3) is 0.278. The molecule has 0 saturated carbocycles. The topological polar surface area (TPSA) is 79.7 Å². The summed E-state index contributed by atoms with van der Waals surface area (Å²) in [6.07, 6.45) is -0.542. The number of morpholine rings is 1. The van der Waals surface area contributed by atoms with E-state index in [0.717, 1.165) is 20.1 Å². The predicted molar refractivity (Wildman–Crippen MR) is 101 cm³/mol. The van der Waals surface area contributed by atoms with Gasteiger partial charge in [-0.1, -0.05) is 12.1 Å². The molecule has 2 aromatic heterocycles. The van der Waals surface area contributed by atoms with Crippen LogP contribution in [0.5, 0.6) is 0 Å². The monoisotopic (exact) mass is 388 g/mol. The van der Waals surface area contributed by atoms with E-state index in [2.05, 4.69) is 4.98 Å². The molecule has 0 spiro atoms. The molecule has 3 aromatic rings. The van der Waals surface area contributed by atoms with Crippen molar-refractivity contribution in [3.05, 3.63) is 41.3 Å². The lowest BCUT2D eigenvalue weighted by atomic mass is 10.2. The number of benzene rings is 1. The van der Waals surface area contributed by atoms with Gasteiger partial charge in [-0.15, -0.1) is 22.7 Å². The maximum Gasteiger partial charge on any atom is 0.306 e. The Morgan fingerprint density at radius 1 is 1.23 bits per heavy atom. The molecule has 1 fully saturated rings. The normalized spacial score (nSPS) is 17.5. The Kier molecular flexibility index (Phi) is 4.71. The lowest BCUT2D eigenvalue weighted by Crippen LogP contribution is -2.46. The van der Waals surface area contributed by atoms with Gasteiger partial charge in [0, 0.05) is 13.1 Å². The summed E-state index contributed by atoms with van der Waals surface area (Å²) in [6.45, 7) is 1.14. The highest BCUT2D eigenvalue weighted by Crippen LogP contribution is 2.34. The van der Waals surface area contributed by atoms with Gasteiger partial charge in [-0.25, -0.2) is 4.98 Å². The fourth-order valence-electron chi connectivity index (χ4n) is 2.92. The highest BCUT2D eigenvalue weighted by atomic mass is 32.1. The van der Waals surface area contributed by atoms with Crippen LogP contribution in [-0.4, -0.2) is 52.7 Å². The first kappa shape index (κ1) is 17.1. The molecule has 1 aliphatic rings. The van der Waals surface area contributed by atoms with Crippen LogP contribution in [0.2, 0.25) is 0 Å². The molecule has 26 heavy (non-hydrogen) atoms. The minimum Gasteiger partial charge on any atom is -0.481 e. The molecule has 1 aliphatic heterocycles. The van der Waals surface area contributed by atoms with Gasteiger partial charge >= 0.3 is 5.97 Å². The van der Waals surface area contributed by atoms with Crippen molar-refractivity contribution in [1.82, 2.24) is 9.88 Å². The third-order valence-electron chi connectivity index (χ3n) is 4.15. The third kappa shape index (κ3) is 3.48. The lowest BCUT2D eigenvalue weighted by molar-refractivity contribution is -0.141. The first-order valence-electron chi connectivity index (χ1n) is 8.18. The second-order valence-corrected chi connectivity index (χ2v) is 8.11. The zero-order valence-corrected chi connectivity index (χ0v) is 15.4. The Morgan fingerprint density at radius 2 is 2.08 bits per heavy atom. The maximum atomic E-state index is 12.8. The minimum absolute atomic E-state index is 0.0824. The molecule has 1 amide bonds. The second kappa shape index (κ2) is 7.14. The van der Waals surface area contributed by atoms with Crippen LogP contribution in [0.3, 0.4) is 0 Å². The number of aliphatic carboxylic acids is 1. The van der Waals surface area contributed by atoms with Crippen LogP contribution in [-0.2, 0) is 9.53 Å². The van der Waals surface area contributed by atoms with Crippen molar-refractivity contribution in [3.8, 4) is 9.88 Å². The molecule has 1 atom stereocenters. The van der Waals surface area contributed by atoms with E-state index in [-0.39, 0.29) is 12.3 Å². The quantitative estimate of drug-likeness (QED) is 0.741. The Labute approximate surface area is 157 Å². The number of ether oxygens (including phenoxy) is 1. The van der Waals surface area contributed by atoms with Gasteiger partial charge in [0.2, 0.25) is 0 Å². The van der Waals surface area contributed by atoms with Crippen molar-refractivity contribution in [2.24, 2.45) is 0 Å². The van der Waals surface area contributed by atoms with Crippen LogP contribution >= 0.6 is 22.7 Å². The van der Waals surface area contributed by atoms with Crippen molar-refractivity contribution in [3.63, 3.8) is 0 Å². The maximum absolute atomic E-state index is 12.8. The molecule has 0 bridgehead atoms. The van der Waals surface area contributed by atoms with Gasteiger partial charge in [0.15, 0.2) is 0 Å². The SMILES string of the molecule is O=C(O)CC1CN(C(=O)c2ccc(-c3nc4ccccc4s3)s2)CCO1. The van der Waals surface area contributed by atoms with Crippen molar-refractivity contribution in [1.29, 1.82) is 0 Å². The first-order chi connectivity index (χ1) is 12.6. The van der Waals surface area contributed by atoms with E-state index in [1.807, 2.05) is 36.4 Å². The smallest absolute Gasteiger partial charge is 0.306 e. The average Bonchev–Trinajstić information content (AvgIpc) is 3.27. The van der Waals surface area contributed by atoms with E-state index >= 15 is 0 Å². The molecular formula is C18H16N2O4S2. The Morgan fingerprint density at radius 3 is 2.88 bits per heavy atom. The average molecular weight is 388 g/mol.